The zero-order valence-corrected chi connectivity index (χ0v) is 18.2. The Kier molecular flexibility index (Phi) is 6.34. The summed E-state index contributed by atoms with van der Waals surface area (Å²) in [6.07, 6.45) is 0.681. The third kappa shape index (κ3) is 4.19. The monoisotopic (exact) mass is 437 g/mol. The van der Waals surface area contributed by atoms with Gasteiger partial charge in [0.2, 0.25) is 11.7 Å². The molecule has 0 aliphatic heterocycles. The van der Waals surface area contributed by atoms with E-state index in [2.05, 4.69) is 10.2 Å². The van der Waals surface area contributed by atoms with E-state index in [1.165, 1.54) is 11.8 Å². The van der Waals surface area contributed by atoms with Crippen molar-refractivity contribution in [3.05, 3.63) is 65.0 Å². The van der Waals surface area contributed by atoms with E-state index in [1.807, 2.05) is 52.9 Å². The summed E-state index contributed by atoms with van der Waals surface area (Å²) < 4.78 is 8.60. The molecule has 0 spiro atoms. The van der Waals surface area contributed by atoms with Gasteiger partial charge in [-0.2, -0.15) is 0 Å². The number of anilines is 1. The molecule has 0 atom stereocenters. The number of carbonyl (C=O) groups excluding carboxylic acids is 1. The fourth-order valence-corrected chi connectivity index (χ4v) is 4.27. The highest BCUT2D eigenvalue weighted by Gasteiger charge is 2.18. The van der Waals surface area contributed by atoms with Crippen LogP contribution in [0.3, 0.4) is 0 Å². The number of fused-ring (bicyclic) bond motifs is 3. The van der Waals surface area contributed by atoms with Gasteiger partial charge in [-0.25, -0.2) is 0 Å². The molecule has 2 aromatic heterocycles. The van der Waals surface area contributed by atoms with Crippen LogP contribution in [0, 0.1) is 0 Å². The van der Waals surface area contributed by atoms with Crippen molar-refractivity contribution in [3.8, 4) is 0 Å². The predicted molar refractivity (Wildman–Crippen MR) is 122 cm³/mol. The normalized spacial score (nSPS) is 11.3. The fourth-order valence-electron chi connectivity index (χ4n) is 3.41. The average Bonchev–Trinajstić information content (AvgIpc) is 3.23. The van der Waals surface area contributed by atoms with Gasteiger partial charge >= 0.3 is 0 Å². The minimum Gasteiger partial charge on any atom is -0.385 e. The molecule has 0 bridgehead atoms. The van der Waals surface area contributed by atoms with E-state index in [0.717, 1.165) is 11.2 Å². The quantitative estimate of drug-likeness (QED) is 0.311. The number of aromatic nitrogens is 4. The van der Waals surface area contributed by atoms with Gasteiger partial charge in [0.1, 0.15) is 0 Å². The smallest absolute Gasteiger partial charge is 0.262 e. The number of aryl methyl sites for hydroxylation is 1. The number of nitrogens with zero attached hydrogens (tertiary/aromatic N) is 5. The zero-order valence-electron chi connectivity index (χ0n) is 17.4. The summed E-state index contributed by atoms with van der Waals surface area (Å²) >= 11 is 1.30. The van der Waals surface area contributed by atoms with Crippen molar-refractivity contribution in [1.29, 1.82) is 0 Å². The largest absolute Gasteiger partial charge is 0.385 e. The van der Waals surface area contributed by atoms with Gasteiger partial charge in [0.25, 0.3) is 5.56 Å². The van der Waals surface area contributed by atoms with Crippen LogP contribution in [-0.4, -0.2) is 51.6 Å². The lowest BCUT2D eigenvalue weighted by molar-refractivity contribution is -0.115. The molecule has 9 heteroatoms. The van der Waals surface area contributed by atoms with E-state index in [-0.39, 0.29) is 17.2 Å². The minimum absolute atomic E-state index is 0.0503. The highest BCUT2D eigenvalue weighted by molar-refractivity contribution is 7.99. The number of benzene rings is 2. The first kappa shape index (κ1) is 21.1. The van der Waals surface area contributed by atoms with Gasteiger partial charge in [0, 0.05) is 33.0 Å². The third-order valence-corrected chi connectivity index (χ3v) is 5.96. The summed E-state index contributed by atoms with van der Waals surface area (Å²) in [4.78, 5) is 27.4. The zero-order chi connectivity index (χ0) is 21.8. The summed E-state index contributed by atoms with van der Waals surface area (Å²) in [5.74, 6) is 0.611. The Bertz CT molecular complexity index is 1270. The number of para-hydroxylation sites is 2. The second-order valence-corrected chi connectivity index (χ2v) is 7.96. The van der Waals surface area contributed by atoms with Crippen LogP contribution in [0.5, 0.6) is 0 Å². The predicted octanol–water partition coefficient (Wildman–Crippen LogP) is 2.84. The Morgan fingerprint density at radius 2 is 1.84 bits per heavy atom. The van der Waals surface area contributed by atoms with E-state index in [0.29, 0.717) is 35.9 Å². The van der Waals surface area contributed by atoms with E-state index >= 15 is 0 Å². The highest BCUT2D eigenvalue weighted by atomic mass is 32.2. The number of hydrogen-bond acceptors (Lipinski definition) is 6. The second-order valence-electron chi connectivity index (χ2n) is 7.02. The number of hydrogen-bond donors (Lipinski definition) is 0. The fraction of sp³-hybridized carbons (Fsp3) is 0.273. The average molecular weight is 438 g/mol. The van der Waals surface area contributed by atoms with Gasteiger partial charge in [-0.15, -0.1) is 10.2 Å². The van der Waals surface area contributed by atoms with Crippen molar-refractivity contribution >= 4 is 40.0 Å². The molecule has 0 radical (unpaired) electrons. The third-order valence-electron chi connectivity index (χ3n) is 5.05. The van der Waals surface area contributed by atoms with Crippen LogP contribution < -0.4 is 10.5 Å². The molecule has 0 saturated carbocycles. The van der Waals surface area contributed by atoms with Crippen LogP contribution in [0.1, 0.15) is 6.42 Å². The molecule has 0 N–H and O–H groups in total. The van der Waals surface area contributed by atoms with E-state index < -0.39 is 0 Å². The highest BCUT2D eigenvalue weighted by Crippen LogP contribution is 2.23. The number of amides is 1. The maximum Gasteiger partial charge on any atom is 0.262 e. The summed E-state index contributed by atoms with van der Waals surface area (Å²) in [6.45, 7) is 1.01. The van der Waals surface area contributed by atoms with Crippen molar-refractivity contribution in [3.63, 3.8) is 0 Å². The van der Waals surface area contributed by atoms with E-state index in [4.69, 9.17) is 4.74 Å². The van der Waals surface area contributed by atoms with Gasteiger partial charge in [-0.3, -0.25) is 18.6 Å². The number of rotatable bonds is 8. The van der Waals surface area contributed by atoms with Crippen molar-refractivity contribution in [2.45, 2.75) is 18.1 Å². The summed E-state index contributed by atoms with van der Waals surface area (Å²) in [6, 6.07) is 16.9. The lowest BCUT2D eigenvalue weighted by Crippen LogP contribution is -2.28. The van der Waals surface area contributed by atoms with Crippen LogP contribution in [-0.2, 0) is 16.1 Å². The van der Waals surface area contributed by atoms with Gasteiger partial charge < -0.3 is 9.64 Å². The molecule has 4 aromatic rings. The summed E-state index contributed by atoms with van der Waals surface area (Å²) in [5.41, 5.74) is 1.45. The van der Waals surface area contributed by atoms with Crippen LogP contribution in [0.4, 0.5) is 5.69 Å². The number of methoxy groups -OCH3 is 1. The number of thioether (sulfide) groups is 1. The second kappa shape index (κ2) is 9.32. The Balaban J connectivity index is 1.67. The summed E-state index contributed by atoms with van der Waals surface area (Å²) in [7, 11) is 3.39. The van der Waals surface area contributed by atoms with Crippen molar-refractivity contribution in [2.24, 2.45) is 0 Å². The van der Waals surface area contributed by atoms with Crippen LogP contribution in [0.15, 0.2) is 64.5 Å². The Morgan fingerprint density at radius 3 is 2.61 bits per heavy atom. The standard InChI is InChI=1S/C22H23N5O3S/c1-25(16-9-4-3-5-10-16)19(28)15-31-22-24-23-21-26(13-8-14-30-2)20(29)17-11-6-7-12-18(17)27(21)22/h3-7,9-12H,8,13-15H2,1-2H3. The molecular weight excluding hydrogens is 414 g/mol. The van der Waals surface area contributed by atoms with Gasteiger partial charge in [0.15, 0.2) is 5.16 Å². The Hall–Kier alpha value is -3.17. The van der Waals surface area contributed by atoms with Crippen LogP contribution >= 0.6 is 11.8 Å². The van der Waals surface area contributed by atoms with Crippen LogP contribution in [0.25, 0.3) is 16.7 Å². The van der Waals surface area contributed by atoms with E-state index in [1.54, 1.807) is 29.7 Å². The van der Waals surface area contributed by atoms with Gasteiger partial charge in [-0.05, 0) is 30.7 Å². The Labute approximate surface area is 183 Å². The topological polar surface area (TPSA) is 81.7 Å². The molecule has 0 unspecified atom stereocenters. The number of ether oxygens (including phenoxy) is 1. The van der Waals surface area contributed by atoms with Crippen molar-refractivity contribution in [2.75, 3.05) is 31.4 Å². The molecule has 2 heterocycles. The first-order valence-corrected chi connectivity index (χ1v) is 10.9. The minimum atomic E-state index is -0.108. The SMILES string of the molecule is COCCCn1c(=O)c2ccccc2n2c(SCC(=O)N(C)c3ccccc3)nnc12. The van der Waals surface area contributed by atoms with Crippen molar-refractivity contribution < 1.29 is 9.53 Å². The lowest BCUT2D eigenvalue weighted by atomic mass is 10.2. The lowest BCUT2D eigenvalue weighted by Gasteiger charge is -2.16. The molecule has 0 aliphatic rings. The molecule has 0 saturated heterocycles. The van der Waals surface area contributed by atoms with Gasteiger partial charge in [-0.1, -0.05) is 42.1 Å². The van der Waals surface area contributed by atoms with Crippen molar-refractivity contribution in [1.82, 2.24) is 19.2 Å². The summed E-state index contributed by atoms with van der Waals surface area (Å²) in [5, 5.41) is 9.73. The Morgan fingerprint density at radius 1 is 1.10 bits per heavy atom. The molecular formula is C22H23N5O3S. The molecule has 4 rings (SSSR count). The van der Waals surface area contributed by atoms with Crippen LogP contribution in [0.2, 0.25) is 0 Å². The molecule has 1 amide bonds. The molecule has 0 fully saturated rings. The molecule has 8 nitrogen and oxygen atoms in total. The number of carbonyl (C=O) groups is 1. The first-order chi connectivity index (χ1) is 15.1. The molecule has 160 valence electrons. The molecule has 31 heavy (non-hydrogen) atoms. The first-order valence-electron chi connectivity index (χ1n) is 9.92. The molecule has 2 aromatic carbocycles. The molecule has 0 aliphatic carbocycles. The van der Waals surface area contributed by atoms with Gasteiger partial charge in [0.05, 0.1) is 16.7 Å². The maximum absolute atomic E-state index is 13.0. The maximum atomic E-state index is 13.0. The van der Waals surface area contributed by atoms with E-state index in [9.17, 15) is 9.59 Å².